The summed E-state index contributed by atoms with van der Waals surface area (Å²) in [5.41, 5.74) is 7.05. The van der Waals surface area contributed by atoms with Crippen LogP contribution >= 0.6 is 12.2 Å². The van der Waals surface area contributed by atoms with Crippen molar-refractivity contribution in [2.75, 3.05) is 0 Å². The second-order valence-electron chi connectivity index (χ2n) is 4.33. The third-order valence-corrected chi connectivity index (χ3v) is 3.10. The summed E-state index contributed by atoms with van der Waals surface area (Å²) in [6.07, 6.45) is 0. The molecule has 0 bridgehead atoms. The van der Waals surface area contributed by atoms with E-state index in [4.69, 9.17) is 22.7 Å². The summed E-state index contributed by atoms with van der Waals surface area (Å²) in [7, 11) is 0. The number of pyridine rings is 1. The van der Waals surface area contributed by atoms with Crippen LogP contribution in [0.15, 0.2) is 60.7 Å². The zero-order valence-electron chi connectivity index (χ0n) is 10.6. The monoisotopic (exact) mass is 280 g/mol. The van der Waals surface area contributed by atoms with E-state index in [0.717, 1.165) is 22.4 Å². The third kappa shape index (κ3) is 2.60. The van der Waals surface area contributed by atoms with E-state index in [1.54, 1.807) is 0 Å². The van der Waals surface area contributed by atoms with Crippen LogP contribution in [0.4, 0.5) is 0 Å². The molecule has 0 unspecified atom stereocenters. The zero-order chi connectivity index (χ0) is 13.9. The van der Waals surface area contributed by atoms with Gasteiger partial charge in [-0.05, 0) is 36.4 Å². The van der Waals surface area contributed by atoms with E-state index in [0.29, 0.717) is 10.7 Å². The molecule has 0 aliphatic heterocycles. The summed E-state index contributed by atoms with van der Waals surface area (Å²) >= 11 is 4.93. The van der Waals surface area contributed by atoms with Crippen LogP contribution in [0.1, 0.15) is 5.69 Å². The number of ether oxygens (including phenoxy) is 1. The average molecular weight is 280 g/mol. The van der Waals surface area contributed by atoms with Gasteiger partial charge in [0.15, 0.2) is 0 Å². The van der Waals surface area contributed by atoms with Crippen LogP contribution in [-0.4, -0.2) is 9.97 Å². The summed E-state index contributed by atoms with van der Waals surface area (Å²) in [6, 6.07) is 19.1. The van der Waals surface area contributed by atoms with Crippen LogP contribution < -0.4 is 10.5 Å². The maximum atomic E-state index is 5.79. The Balaban J connectivity index is 1.95. The van der Waals surface area contributed by atoms with Gasteiger partial charge in [-0.3, -0.25) is 0 Å². The van der Waals surface area contributed by atoms with Gasteiger partial charge >= 0.3 is 0 Å². The molecule has 0 radical (unpaired) electrons. The molecule has 0 fully saturated rings. The molecule has 0 amide bonds. The van der Waals surface area contributed by atoms with Gasteiger partial charge in [0.25, 0.3) is 0 Å². The van der Waals surface area contributed by atoms with Crippen molar-refractivity contribution >= 4 is 28.1 Å². The minimum absolute atomic E-state index is 0.302. The Morgan fingerprint density at radius 2 is 1.75 bits per heavy atom. The first-order chi connectivity index (χ1) is 9.72. The maximum absolute atomic E-state index is 5.79. The van der Waals surface area contributed by atoms with E-state index >= 15 is 0 Å². The highest BCUT2D eigenvalue weighted by Gasteiger charge is 2.03. The summed E-state index contributed by atoms with van der Waals surface area (Å²) in [6.45, 7) is 0. The van der Waals surface area contributed by atoms with Gasteiger partial charge in [-0.15, -0.1) is 0 Å². The Morgan fingerprint density at radius 1 is 0.950 bits per heavy atom. The van der Waals surface area contributed by atoms with Crippen molar-refractivity contribution in [1.82, 2.24) is 4.98 Å². The second-order valence-corrected chi connectivity index (χ2v) is 4.77. The van der Waals surface area contributed by atoms with Gasteiger partial charge in [0, 0.05) is 5.39 Å². The fourth-order valence-corrected chi connectivity index (χ4v) is 2.04. The molecular weight excluding hydrogens is 268 g/mol. The van der Waals surface area contributed by atoms with Crippen molar-refractivity contribution in [1.29, 1.82) is 0 Å². The Kier molecular flexibility index (Phi) is 3.31. The van der Waals surface area contributed by atoms with Crippen molar-refractivity contribution in [2.24, 2.45) is 5.73 Å². The first-order valence-corrected chi connectivity index (χ1v) is 6.57. The van der Waals surface area contributed by atoms with Crippen LogP contribution in [0, 0.1) is 0 Å². The van der Waals surface area contributed by atoms with Gasteiger partial charge in [0.2, 0.25) is 0 Å². The van der Waals surface area contributed by atoms with E-state index in [1.807, 2.05) is 60.7 Å². The molecule has 0 saturated heterocycles. The Morgan fingerprint density at radius 3 is 2.50 bits per heavy atom. The predicted octanol–water partition coefficient (Wildman–Crippen LogP) is 3.66. The molecule has 98 valence electrons. The highest BCUT2D eigenvalue weighted by Crippen LogP contribution is 2.24. The average Bonchev–Trinajstić information content (AvgIpc) is 2.47. The third-order valence-electron chi connectivity index (χ3n) is 2.89. The number of thiocarbonyl (C=S) groups is 1. The first-order valence-electron chi connectivity index (χ1n) is 6.16. The van der Waals surface area contributed by atoms with Gasteiger partial charge < -0.3 is 10.5 Å². The molecule has 1 aromatic heterocycles. The van der Waals surface area contributed by atoms with E-state index in [2.05, 4.69) is 4.98 Å². The first kappa shape index (κ1) is 12.6. The van der Waals surface area contributed by atoms with Crippen LogP contribution in [0.2, 0.25) is 0 Å². The lowest BCUT2D eigenvalue weighted by Crippen LogP contribution is -2.11. The standard InChI is InChI=1S/C16H12N2OS/c17-16(20)15-8-6-11-10-13(7-9-14(11)18-15)19-12-4-2-1-3-5-12/h1-10H,(H2,17,20). The number of para-hydroxylation sites is 1. The molecule has 3 nitrogen and oxygen atoms in total. The lowest BCUT2D eigenvalue weighted by molar-refractivity contribution is 0.483. The maximum Gasteiger partial charge on any atom is 0.128 e. The molecule has 0 aliphatic rings. The molecule has 3 aromatic rings. The summed E-state index contributed by atoms with van der Waals surface area (Å²) < 4.78 is 5.79. The minimum atomic E-state index is 0.302. The van der Waals surface area contributed by atoms with Gasteiger partial charge in [0.1, 0.15) is 16.5 Å². The number of fused-ring (bicyclic) bond motifs is 1. The molecule has 20 heavy (non-hydrogen) atoms. The van der Waals surface area contributed by atoms with Gasteiger partial charge in [-0.2, -0.15) is 0 Å². The zero-order valence-corrected chi connectivity index (χ0v) is 11.4. The number of hydrogen-bond donors (Lipinski definition) is 1. The van der Waals surface area contributed by atoms with Gasteiger partial charge in [-0.1, -0.05) is 36.5 Å². The summed E-state index contributed by atoms with van der Waals surface area (Å²) in [5, 5.41) is 0.985. The molecule has 3 rings (SSSR count). The molecule has 0 atom stereocenters. The minimum Gasteiger partial charge on any atom is -0.457 e. The van der Waals surface area contributed by atoms with Crippen molar-refractivity contribution in [3.63, 3.8) is 0 Å². The van der Waals surface area contributed by atoms with Crippen LogP contribution in [0.3, 0.4) is 0 Å². The molecule has 0 aliphatic carbocycles. The number of rotatable bonds is 3. The molecule has 0 saturated carbocycles. The van der Waals surface area contributed by atoms with E-state index in [-0.39, 0.29) is 0 Å². The SMILES string of the molecule is NC(=S)c1ccc2cc(Oc3ccccc3)ccc2n1. The highest BCUT2D eigenvalue weighted by atomic mass is 32.1. The fraction of sp³-hybridized carbons (Fsp3) is 0. The number of benzene rings is 2. The molecule has 0 spiro atoms. The van der Waals surface area contributed by atoms with Crippen molar-refractivity contribution in [3.8, 4) is 11.5 Å². The largest absolute Gasteiger partial charge is 0.457 e. The van der Waals surface area contributed by atoms with Gasteiger partial charge in [-0.25, -0.2) is 4.98 Å². The van der Waals surface area contributed by atoms with Crippen molar-refractivity contribution < 1.29 is 4.74 Å². The van der Waals surface area contributed by atoms with E-state index in [1.165, 1.54) is 0 Å². The number of aromatic nitrogens is 1. The highest BCUT2D eigenvalue weighted by molar-refractivity contribution is 7.80. The lowest BCUT2D eigenvalue weighted by Gasteiger charge is -2.07. The summed E-state index contributed by atoms with van der Waals surface area (Å²) in [4.78, 5) is 4.70. The lowest BCUT2D eigenvalue weighted by atomic mass is 10.2. The summed E-state index contributed by atoms with van der Waals surface area (Å²) in [5.74, 6) is 1.58. The molecule has 4 heteroatoms. The number of nitrogens with zero attached hydrogens (tertiary/aromatic N) is 1. The van der Waals surface area contributed by atoms with Crippen LogP contribution in [0.25, 0.3) is 10.9 Å². The Hall–Kier alpha value is -2.46. The second kappa shape index (κ2) is 5.27. The van der Waals surface area contributed by atoms with Crippen LogP contribution in [0.5, 0.6) is 11.5 Å². The Labute approximate surface area is 122 Å². The van der Waals surface area contributed by atoms with E-state index < -0.39 is 0 Å². The number of nitrogens with two attached hydrogens (primary N) is 1. The molecule has 2 N–H and O–H groups in total. The predicted molar refractivity (Wildman–Crippen MR) is 84.1 cm³/mol. The topological polar surface area (TPSA) is 48.1 Å². The Bertz CT molecular complexity index is 772. The van der Waals surface area contributed by atoms with Crippen LogP contribution in [-0.2, 0) is 0 Å². The quantitative estimate of drug-likeness (QED) is 0.744. The smallest absolute Gasteiger partial charge is 0.128 e. The fourth-order valence-electron chi connectivity index (χ4n) is 1.93. The molecular formula is C16H12N2OS. The number of hydrogen-bond acceptors (Lipinski definition) is 3. The molecule has 2 aromatic carbocycles. The van der Waals surface area contributed by atoms with Crippen molar-refractivity contribution in [3.05, 3.63) is 66.4 Å². The van der Waals surface area contributed by atoms with Crippen molar-refractivity contribution in [2.45, 2.75) is 0 Å². The normalized spacial score (nSPS) is 10.4. The molecule has 1 heterocycles. The van der Waals surface area contributed by atoms with Gasteiger partial charge in [0.05, 0.1) is 11.2 Å². The van der Waals surface area contributed by atoms with E-state index in [9.17, 15) is 0 Å².